The van der Waals surface area contributed by atoms with Crippen LogP contribution >= 0.6 is 0 Å². The van der Waals surface area contributed by atoms with E-state index in [4.69, 9.17) is 5.73 Å². The van der Waals surface area contributed by atoms with E-state index >= 15 is 0 Å². The number of aromatic carboxylic acids is 1. The van der Waals surface area contributed by atoms with Crippen molar-refractivity contribution in [2.24, 2.45) is 5.73 Å². The van der Waals surface area contributed by atoms with Gasteiger partial charge in [0.2, 0.25) is 5.91 Å². The summed E-state index contributed by atoms with van der Waals surface area (Å²) in [5, 5.41) is 11.0. The molecule has 2 aromatic carbocycles. The number of nitrogens with two attached hydrogens (primary N) is 1. The average molecular weight is 240 g/mol. The van der Waals surface area contributed by atoms with E-state index in [2.05, 4.69) is 0 Å². The summed E-state index contributed by atoms with van der Waals surface area (Å²) in [6, 6.07) is 12.9. The van der Waals surface area contributed by atoms with Gasteiger partial charge in [-0.25, -0.2) is 0 Å². The molecule has 2 aromatic rings. The van der Waals surface area contributed by atoms with Crippen molar-refractivity contribution in [2.75, 3.05) is 0 Å². The Hall–Kier alpha value is -2.62. The molecule has 18 heavy (non-hydrogen) atoms. The van der Waals surface area contributed by atoms with E-state index in [0.29, 0.717) is 11.1 Å². The molecule has 0 radical (unpaired) electrons. The molecule has 0 saturated heterocycles. The molecular formula is C14H10NO3-. The van der Waals surface area contributed by atoms with Crippen molar-refractivity contribution >= 4 is 11.9 Å². The largest absolute Gasteiger partial charge is 0.545 e. The van der Waals surface area contributed by atoms with Crippen LogP contribution in [0.4, 0.5) is 0 Å². The summed E-state index contributed by atoms with van der Waals surface area (Å²) in [4.78, 5) is 22.4. The highest BCUT2D eigenvalue weighted by atomic mass is 16.4. The minimum Gasteiger partial charge on any atom is -0.545 e. The summed E-state index contributed by atoms with van der Waals surface area (Å²) in [7, 11) is 0. The van der Waals surface area contributed by atoms with Gasteiger partial charge in [0.1, 0.15) is 0 Å². The molecule has 0 aliphatic carbocycles. The monoisotopic (exact) mass is 240 g/mol. The maximum Gasteiger partial charge on any atom is 0.249 e. The fourth-order valence-corrected chi connectivity index (χ4v) is 1.83. The Morgan fingerprint density at radius 1 is 0.833 bits per heavy atom. The number of carbonyl (C=O) groups excluding carboxylic acids is 2. The van der Waals surface area contributed by atoms with Gasteiger partial charge in [-0.1, -0.05) is 42.5 Å². The molecule has 2 rings (SSSR count). The van der Waals surface area contributed by atoms with E-state index in [1.807, 2.05) is 0 Å². The van der Waals surface area contributed by atoms with Gasteiger partial charge in [-0.2, -0.15) is 0 Å². The number of primary amides is 1. The van der Waals surface area contributed by atoms with Gasteiger partial charge in [-0.3, -0.25) is 4.79 Å². The van der Waals surface area contributed by atoms with Gasteiger partial charge in [0, 0.05) is 11.1 Å². The van der Waals surface area contributed by atoms with Gasteiger partial charge in [0.25, 0.3) is 0 Å². The summed E-state index contributed by atoms with van der Waals surface area (Å²) >= 11 is 0. The predicted octanol–water partition coefficient (Wildman–Crippen LogP) is 0.816. The number of carboxylic acids is 1. The lowest BCUT2D eigenvalue weighted by Gasteiger charge is -2.12. The summed E-state index contributed by atoms with van der Waals surface area (Å²) in [5.41, 5.74) is 6.51. The van der Waals surface area contributed by atoms with Gasteiger partial charge in [0.05, 0.1) is 5.97 Å². The van der Waals surface area contributed by atoms with E-state index in [1.165, 1.54) is 6.07 Å². The first-order valence-corrected chi connectivity index (χ1v) is 5.31. The lowest BCUT2D eigenvalue weighted by Crippen LogP contribution is -2.23. The molecule has 0 aliphatic rings. The van der Waals surface area contributed by atoms with Crippen molar-refractivity contribution in [3.63, 3.8) is 0 Å². The molecule has 2 N–H and O–H groups in total. The van der Waals surface area contributed by atoms with Gasteiger partial charge < -0.3 is 15.6 Å². The Morgan fingerprint density at radius 3 is 1.78 bits per heavy atom. The summed E-state index contributed by atoms with van der Waals surface area (Å²) in [6.45, 7) is 0. The molecule has 0 aromatic heterocycles. The topological polar surface area (TPSA) is 83.2 Å². The number of amides is 1. The van der Waals surface area contributed by atoms with Crippen LogP contribution in [0.3, 0.4) is 0 Å². The minimum atomic E-state index is -1.29. The van der Waals surface area contributed by atoms with Crippen molar-refractivity contribution in [1.82, 2.24) is 0 Å². The third kappa shape index (κ3) is 2.08. The van der Waals surface area contributed by atoms with Crippen molar-refractivity contribution < 1.29 is 14.7 Å². The smallest absolute Gasteiger partial charge is 0.249 e. The van der Waals surface area contributed by atoms with Crippen LogP contribution in [0.1, 0.15) is 20.7 Å². The molecule has 0 fully saturated rings. The second-order valence-electron chi connectivity index (χ2n) is 3.74. The molecule has 0 saturated carbocycles. The molecule has 0 aliphatic heterocycles. The number of hydrogen-bond acceptors (Lipinski definition) is 3. The zero-order valence-corrected chi connectivity index (χ0v) is 9.42. The first kappa shape index (κ1) is 11.9. The molecule has 0 spiro atoms. The quantitative estimate of drug-likeness (QED) is 0.861. The molecule has 0 bridgehead atoms. The zero-order chi connectivity index (χ0) is 13.1. The van der Waals surface area contributed by atoms with Crippen LogP contribution in [0, 0.1) is 0 Å². The zero-order valence-electron chi connectivity index (χ0n) is 9.42. The highest BCUT2D eigenvalue weighted by Crippen LogP contribution is 2.26. The summed E-state index contributed by atoms with van der Waals surface area (Å²) < 4.78 is 0. The number of hydrogen-bond donors (Lipinski definition) is 1. The molecule has 4 heteroatoms. The standard InChI is InChI=1S/C14H11NO3/c15-13(16)11-7-3-1-5-9(11)10-6-2-4-8-12(10)14(17)18/h1-8H,(H2,15,16)(H,17,18)/p-1. The Balaban J connectivity index is 2.70. The van der Waals surface area contributed by atoms with E-state index in [-0.39, 0.29) is 11.1 Å². The molecular weight excluding hydrogens is 230 g/mol. The first-order chi connectivity index (χ1) is 8.61. The number of benzene rings is 2. The van der Waals surface area contributed by atoms with Crippen molar-refractivity contribution in [3.05, 3.63) is 59.7 Å². The summed E-state index contributed by atoms with van der Waals surface area (Å²) in [6.07, 6.45) is 0. The molecule has 90 valence electrons. The maximum absolute atomic E-state index is 11.3. The van der Waals surface area contributed by atoms with Gasteiger partial charge >= 0.3 is 0 Å². The van der Waals surface area contributed by atoms with Crippen LogP contribution < -0.4 is 10.8 Å². The number of carboxylic acid groups (broad SMARTS) is 1. The van der Waals surface area contributed by atoms with Crippen LogP contribution in [0.5, 0.6) is 0 Å². The van der Waals surface area contributed by atoms with Gasteiger partial charge in [0.15, 0.2) is 0 Å². The predicted molar refractivity (Wildman–Crippen MR) is 64.7 cm³/mol. The van der Waals surface area contributed by atoms with E-state index in [9.17, 15) is 14.7 Å². The fourth-order valence-electron chi connectivity index (χ4n) is 1.83. The Labute approximate surface area is 104 Å². The van der Waals surface area contributed by atoms with Crippen LogP contribution in [0.2, 0.25) is 0 Å². The Bertz CT molecular complexity index is 564. The van der Waals surface area contributed by atoms with Crippen LogP contribution in [-0.4, -0.2) is 11.9 Å². The van der Waals surface area contributed by atoms with Crippen LogP contribution in [0.15, 0.2) is 48.5 Å². The van der Waals surface area contributed by atoms with Gasteiger partial charge in [-0.05, 0) is 17.2 Å². The third-order valence-corrected chi connectivity index (χ3v) is 2.63. The van der Waals surface area contributed by atoms with Crippen molar-refractivity contribution in [3.8, 4) is 11.1 Å². The lowest BCUT2D eigenvalue weighted by atomic mass is 9.95. The van der Waals surface area contributed by atoms with Crippen LogP contribution in [0.25, 0.3) is 11.1 Å². The van der Waals surface area contributed by atoms with Gasteiger partial charge in [-0.15, -0.1) is 0 Å². The average Bonchev–Trinajstić information content (AvgIpc) is 2.38. The highest BCUT2D eigenvalue weighted by molar-refractivity contribution is 6.03. The molecule has 0 unspecified atom stereocenters. The molecule has 4 nitrogen and oxygen atoms in total. The molecule has 0 atom stereocenters. The lowest BCUT2D eigenvalue weighted by molar-refractivity contribution is -0.254. The molecule has 1 amide bonds. The SMILES string of the molecule is NC(=O)c1ccccc1-c1ccccc1C(=O)[O-]. The number of rotatable bonds is 3. The van der Waals surface area contributed by atoms with Crippen molar-refractivity contribution in [2.45, 2.75) is 0 Å². The Kier molecular flexibility index (Phi) is 3.10. The minimum absolute atomic E-state index is 0.0335. The first-order valence-electron chi connectivity index (χ1n) is 5.31. The second-order valence-corrected chi connectivity index (χ2v) is 3.74. The summed E-state index contributed by atoms with van der Waals surface area (Å²) in [5.74, 6) is -1.89. The van der Waals surface area contributed by atoms with E-state index < -0.39 is 11.9 Å². The normalized spacial score (nSPS) is 10.0. The maximum atomic E-state index is 11.3. The number of carbonyl (C=O) groups is 2. The fraction of sp³-hybridized carbons (Fsp3) is 0. The Morgan fingerprint density at radius 2 is 1.28 bits per heavy atom. The third-order valence-electron chi connectivity index (χ3n) is 2.63. The highest BCUT2D eigenvalue weighted by Gasteiger charge is 2.12. The van der Waals surface area contributed by atoms with E-state index in [0.717, 1.165) is 0 Å². The van der Waals surface area contributed by atoms with Crippen molar-refractivity contribution in [1.29, 1.82) is 0 Å². The second kappa shape index (κ2) is 4.71. The van der Waals surface area contributed by atoms with Crippen LogP contribution in [-0.2, 0) is 0 Å². The van der Waals surface area contributed by atoms with E-state index in [1.54, 1.807) is 42.5 Å². The molecule has 0 heterocycles.